The van der Waals surface area contributed by atoms with Crippen LogP contribution in [-0.2, 0) is 23.9 Å². The minimum Gasteiger partial charge on any atom is -0.458 e. The van der Waals surface area contributed by atoms with Gasteiger partial charge < -0.3 is 9.47 Å². The first-order valence-corrected chi connectivity index (χ1v) is 17.3. The van der Waals surface area contributed by atoms with E-state index in [1.165, 1.54) is 51.4 Å². The third-order valence-corrected chi connectivity index (χ3v) is 6.83. The molecule has 0 aromatic heterocycles. The average molecular weight is 611 g/mol. The molecule has 5 nitrogen and oxygen atoms in total. The Morgan fingerprint density at radius 3 is 1.02 bits per heavy atom. The van der Waals surface area contributed by atoms with Crippen LogP contribution in [0.25, 0.3) is 0 Å². The number of hydrogen-bond acceptors (Lipinski definition) is 5. The van der Waals surface area contributed by atoms with Crippen LogP contribution in [0.15, 0.2) is 72.9 Å². The summed E-state index contributed by atoms with van der Waals surface area (Å²) in [5, 5.41) is 0. The summed E-state index contributed by atoms with van der Waals surface area (Å²) in [6.45, 7) is 3.75. The highest BCUT2D eigenvalue weighted by Gasteiger charge is 2.10. The van der Waals surface area contributed by atoms with Crippen LogP contribution in [0, 0.1) is 0 Å². The van der Waals surface area contributed by atoms with Crippen LogP contribution in [-0.4, -0.2) is 30.9 Å². The Labute approximate surface area is 269 Å². The van der Waals surface area contributed by atoms with E-state index in [9.17, 15) is 14.4 Å². The Hall–Kier alpha value is -2.95. The van der Waals surface area contributed by atoms with Gasteiger partial charge in [0.15, 0.2) is 13.2 Å². The molecule has 0 unspecified atom stereocenters. The number of Topliss-reactive ketones (excluding diaryl/α,β-unsaturated/α-hetero) is 1. The zero-order chi connectivity index (χ0) is 32.2. The standard InChI is InChI=1S/C39H62O5/c1-3-5-7-9-11-13-15-17-19-21-23-25-27-29-31-33-38(41)43-35-37(40)36-44-39(42)34-32-30-28-26-24-22-20-18-16-14-12-10-8-6-4-2/h11-14,17-20,23-26H,3-10,15-16,21-22,27-36H2,1-2H3. The lowest BCUT2D eigenvalue weighted by atomic mass is 10.1. The summed E-state index contributed by atoms with van der Waals surface area (Å²) in [7, 11) is 0. The van der Waals surface area contributed by atoms with Crippen molar-refractivity contribution >= 4 is 17.7 Å². The van der Waals surface area contributed by atoms with E-state index in [-0.39, 0.29) is 26.1 Å². The first-order chi connectivity index (χ1) is 21.6. The van der Waals surface area contributed by atoms with Gasteiger partial charge in [-0.1, -0.05) is 112 Å². The number of unbranched alkanes of at least 4 members (excludes halogenated alkanes) is 10. The van der Waals surface area contributed by atoms with Crippen molar-refractivity contribution in [2.75, 3.05) is 13.2 Å². The van der Waals surface area contributed by atoms with E-state index in [2.05, 4.69) is 86.8 Å². The van der Waals surface area contributed by atoms with Crippen LogP contribution >= 0.6 is 0 Å². The van der Waals surface area contributed by atoms with Gasteiger partial charge in [0.25, 0.3) is 0 Å². The van der Waals surface area contributed by atoms with Gasteiger partial charge in [0.05, 0.1) is 0 Å². The molecule has 0 spiro atoms. The van der Waals surface area contributed by atoms with Crippen LogP contribution in [0.3, 0.4) is 0 Å². The minimum atomic E-state index is -0.405. The topological polar surface area (TPSA) is 69.7 Å². The molecule has 0 aliphatic heterocycles. The molecule has 0 saturated heterocycles. The number of rotatable bonds is 30. The summed E-state index contributed by atoms with van der Waals surface area (Å²) in [4.78, 5) is 35.6. The minimum absolute atomic E-state index is 0.284. The molecule has 0 rings (SSSR count). The third kappa shape index (κ3) is 33.6. The second-order valence-electron chi connectivity index (χ2n) is 11.1. The maximum Gasteiger partial charge on any atom is 0.306 e. The molecule has 5 heteroatoms. The second kappa shape index (κ2) is 34.5. The molecule has 0 fully saturated rings. The lowest BCUT2D eigenvalue weighted by Crippen LogP contribution is -2.20. The zero-order valence-corrected chi connectivity index (χ0v) is 28.0. The number of hydrogen-bond donors (Lipinski definition) is 0. The quantitative estimate of drug-likeness (QED) is 0.0460. The van der Waals surface area contributed by atoms with Gasteiger partial charge in [-0.25, -0.2) is 0 Å². The van der Waals surface area contributed by atoms with E-state index in [0.29, 0.717) is 12.8 Å². The first-order valence-electron chi connectivity index (χ1n) is 17.3. The van der Waals surface area contributed by atoms with E-state index in [4.69, 9.17) is 9.47 Å². The molecule has 0 aliphatic rings. The molecule has 0 aliphatic carbocycles. The lowest BCUT2D eigenvalue weighted by Gasteiger charge is -2.05. The molecule has 0 amide bonds. The van der Waals surface area contributed by atoms with Gasteiger partial charge in [-0.05, 0) is 89.9 Å². The van der Waals surface area contributed by atoms with Crippen LogP contribution in [0.2, 0.25) is 0 Å². The molecular weight excluding hydrogens is 548 g/mol. The zero-order valence-electron chi connectivity index (χ0n) is 28.0. The van der Waals surface area contributed by atoms with Gasteiger partial charge in [-0.15, -0.1) is 0 Å². The van der Waals surface area contributed by atoms with Crippen LogP contribution in [0.4, 0.5) is 0 Å². The Kier molecular flexibility index (Phi) is 32.2. The van der Waals surface area contributed by atoms with Crippen molar-refractivity contribution in [2.24, 2.45) is 0 Å². The second-order valence-corrected chi connectivity index (χ2v) is 11.1. The largest absolute Gasteiger partial charge is 0.458 e. The maximum absolute atomic E-state index is 11.9. The molecule has 248 valence electrons. The number of ether oxygens (including phenoxy) is 2. The molecule has 0 N–H and O–H groups in total. The molecule has 0 bridgehead atoms. The summed E-state index contributed by atoms with van der Waals surface area (Å²) < 4.78 is 10.0. The Balaban J connectivity index is 3.62. The van der Waals surface area contributed by atoms with E-state index in [1.54, 1.807) is 0 Å². The molecule has 44 heavy (non-hydrogen) atoms. The number of esters is 2. The predicted octanol–water partition coefficient (Wildman–Crippen LogP) is 10.8. The summed E-state index contributed by atoms with van der Waals surface area (Å²) >= 11 is 0. The van der Waals surface area contributed by atoms with Crippen molar-refractivity contribution in [2.45, 2.75) is 142 Å². The van der Waals surface area contributed by atoms with E-state index < -0.39 is 17.7 Å². The Bertz CT molecular complexity index is 805. The van der Waals surface area contributed by atoms with Gasteiger partial charge in [0, 0.05) is 12.8 Å². The molecule has 0 aromatic carbocycles. The number of carbonyl (C=O) groups is 3. The molecule has 0 saturated carbocycles. The summed E-state index contributed by atoms with van der Waals surface area (Å²) in [5.41, 5.74) is 0. The van der Waals surface area contributed by atoms with Gasteiger partial charge in [-0.2, -0.15) is 0 Å². The Morgan fingerprint density at radius 2 is 0.705 bits per heavy atom. The Morgan fingerprint density at radius 1 is 0.409 bits per heavy atom. The van der Waals surface area contributed by atoms with Crippen LogP contribution in [0.5, 0.6) is 0 Å². The van der Waals surface area contributed by atoms with Crippen molar-refractivity contribution < 1.29 is 23.9 Å². The summed E-state index contributed by atoms with van der Waals surface area (Å²) in [5.74, 6) is -1.19. The fourth-order valence-electron chi connectivity index (χ4n) is 4.15. The SMILES string of the molecule is CCCCCC=CCC=CCC=CCCCCC(=O)OCC(=O)COC(=O)CCCCC=CCC=CCC=CCCCCC. The highest BCUT2D eigenvalue weighted by atomic mass is 16.6. The molecule has 0 radical (unpaired) electrons. The van der Waals surface area contributed by atoms with Crippen molar-refractivity contribution in [3.05, 3.63) is 72.9 Å². The fraction of sp³-hybridized carbons (Fsp3) is 0.615. The van der Waals surface area contributed by atoms with Crippen LogP contribution < -0.4 is 0 Å². The molecule has 0 heterocycles. The van der Waals surface area contributed by atoms with Gasteiger partial charge >= 0.3 is 11.9 Å². The predicted molar refractivity (Wildman–Crippen MR) is 185 cm³/mol. The number of carbonyl (C=O) groups excluding carboxylic acids is 3. The number of ketones is 1. The van der Waals surface area contributed by atoms with Gasteiger partial charge in [0.2, 0.25) is 5.78 Å². The fourth-order valence-corrected chi connectivity index (χ4v) is 4.15. The van der Waals surface area contributed by atoms with Gasteiger partial charge in [0.1, 0.15) is 0 Å². The molecular formula is C39H62O5. The van der Waals surface area contributed by atoms with Crippen molar-refractivity contribution in [1.29, 1.82) is 0 Å². The average Bonchev–Trinajstić information content (AvgIpc) is 3.02. The normalized spacial score (nSPS) is 12.2. The van der Waals surface area contributed by atoms with Crippen molar-refractivity contribution in [3.8, 4) is 0 Å². The van der Waals surface area contributed by atoms with Crippen LogP contribution in [0.1, 0.15) is 142 Å². The summed E-state index contributed by atoms with van der Waals surface area (Å²) in [6, 6.07) is 0. The van der Waals surface area contributed by atoms with Crippen molar-refractivity contribution in [1.82, 2.24) is 0 Å². The van der Waals surface area contributed by atoms with Gasteiger partial charge in [-0.3, -0.25) is 14.4 Å². The van der Waals surface area contributed by atoms with E-state index in [1.807, 2.05) is 0 Å². The first kappa shape index (κ1) is 41.0. The van der Waals surface area contributed by atoms with E-state index in [0.717, 1.165) is 51.4 Å². The molecule has 0 atom stereocenters. The lowest BCUT2D eigenvalue weighted by molar-refractivity contribution is -0.153. The monoisotopic (exact) mass is 610 g/mol. The molecule has 0 aromatic rings. The highest BCUT2D eigenvalue weighted by molar-refractivity contribution is 5.85. The van der Waals surface area contributed by atoms with E-state index >= 15 is 0 Å². The third-order valence-electron chi connectivity index (χ3n) is 6.83. The maximum atomic E-state index is 11.9. The highest BCUT2D eigenvalue weighted by Crippen LogP contribution is 2.06. The summed E-state index contributed by atoms with van der Waals surface area (Å²) in [6.07, 6.45) is 45.8. The van der Waals surface area contributed by atoms with Crippen molar-refractivity contribution in [3.63, 3.8) is 0 Å². The smallest absolute Gasteiger partial charge is 0.306 e. The number of allylic oxidation sites excluding steroid dienone is 12.